The Kier molecular flexibility index (Phi) is 5.74. The Labute approximate surface area is 125 Å². The van der Waals surface area contributed by atoms with E-state index in [1.165, 1.54) is 19.2 Å². The largest absolute Gasteiger partial charge is 0.469 e. The van der Waals surface area contributed by atoms with Crippen LogP contribution in [0.2, 0.25) is 0 Å². The highest BCUT2D eigenvalue weighted by Gasteiger charge is 2.40. The number of hydrogen-bond acceptors (Lipinski definition) is 3. The number of hydrogen-bond donors (Lipinski definition) is 1. The minimum Gasteiger partial charge on any atom is -0.469 e. The van der Waals surface area contributed by atoms with E-state index in [1.54, 1.807) is 12.1 Å². The minimum atomic E-state index is -0.227. The van der Waals surface area contributed by atoms with Crippen molar-refractivity contribution in [1.29, 1.82) is 0 Å². The van der Waals surface area contributed by atoms with E-state index < -0.39 is 0 Å². The van der Waals surface area contributed by atoms with Crippen LogP contribution in [0, 0.1) is 17.7 Å². The summed E-state index contributed by atoms with van der Waals surface area (Å²) >= 11 is 0. The zero-order valence-electron chi connectivity index (χ0n) is 12.8. The number of carbonyl (C=O) groups is 1. The van der Waals surface area contributed by atoms with Crippen LogP contribution in [0.15, 0.2) is 24.3 Å². The van der Waals surface area contributed by atoms with Crippen LogP contribution in [0.1, 0.15) is 38.2 Å². The van der Waals surface area contributed by atoms with Gasteiger partial charge < -0.3 is 10.1 Å². The van der Waals surface area contributed by atoms with Gasteiger partial charge in [-0.05, 0) is 42.9 Å². The van der Waals surface area contributed by atoms with Gasteiger partial charge in [0, 0.05) is 12.6 Å². The molecule has 1 fully saturated rings. The molecule has 1 aromatic rings. The quantitative estimate of drug-likeness (QED) is 0.818. The second-order valence-corrected chi connectivity index (χ2v) is 5.79. The number of methoxy groups -OCH3 is 1. The molecule has 0 radical (unpaired) electrons. The SMILES string of the molecule is CCCC1CCC(NCc2ccc(F)cc2)C1C(=O)OC. The number of carbonyl (C=O) groups excluding carboxylic acids is 1. The van der Waals surface area contributed by atoms with Crippen LogP contribution in [0.25, 0.3) is 0 Å². The summed E-state index contributed by atoms with van der Waals surface area (Å²) in [7, 11) is 1.46. The zero-order valence-corrected chi connectivity index (χ0v) is 12.8. The van der Waals surface area contributed by atoms with Crippen LogP contribution in [-0.2, 0) is 16.1 Å². The van der Waals surface area contributed by atoms with Gasteiger partial charge in [0.25, 0.3) is 0 Å². The van der Waals surface area contributed by atoms with Crippen LogP contribution in [0.5, 0.6) is 0 Å². The summed E-state index contributed by atoms with van der Waals surface area (Å²) in [4.78, 5) is 12.1. The highest BCUT2D eigenvalue weighted by atomic mass is 19.1. The normalized spacial score (nSPS) is 25.0. The highest BCUT2D eigenvalue weighted by molar-refractivity contribution is 5.74. The fourth-order valence-corrected chi connectivity index (χ4v) is 3.35. The van der Waals surface area contributed by atoms with Gasteiger partial charge in [-0.25, -0.2) is 4.39 Å². The first-order chi connectivity index (χ1) is 10.2. The molecule has 0 spiro atoms. The van der Waals surface area contributed by atoms with Crippen molar-refractivity contribution in [3.05, 3.63) is 35.6 Å². The van der Waals surface area contributed by atoms with Crippen molar-refractivity contribution < 1.29 is 13.9 Å². The van der Waals surface area contributed by atoms with Gasteiger partial charge in [-0.2, -0.15) is 0 Å². The summed E-state index contributed by atoms with van der Waals surface area (Å²) in [5.41, 5.74) is 1.03. The fraction of sp³-hybridized carbons (Fsp3) is 0.588. The van der Waals surface area contributed by atoms with E-state index >= 15 is 0 Å². The molecule has 1 aliphatic carbocycles. The van der Waals surface area contributed by atoms with E-state index in [-0.39, 0.29) is 23.7 Å². The molecule has 1 N–H and O–H groups in total. The van der Waals surface area contributed by atoms with Crippen LogP contribution < -0.4 is 5.32 Å². The summed E-state index contributed by atoms with van der Waals surface area (Å²) in [5.74, 6) is 0.0150. The topological polar surface area (TPSA) is 38.3 Å². The molecule has 3 nitrogen and oxygen atoms in total. The van der Waals surface area contributed by atoms with Crippen molar-refractivity contribution >= 4 is 5.97 Å². The Morgan fingerprint density at radius 1 is 1.33 bits per heavy atom. The Morgan fingerprint density at radius 3 is 2.67 bits per heavy atom. The van der Waals surface area contributed by atoms with Gasteiger partial charge in [-0.15, -0.1) is 0 Å². The Bertz CT molecular complexity index is 460. The molecule has 0 heterocycles. The van der Waals surface area contributed by atoms with E-state index in [4.69, 9.17) is 4.74 Å². The Balaban J connectivity index is 1.97. The van der Waals surface area contributed by atoms with Crippen LogP contribution in [0.4, 0.5) is 4.39 Å². The first-order valence-corrected chi connectivity index (χ1v) is 7.71. The Hall–Kier alpha value is -1.42. The molecule has 2 rings (SSSR count). The van der Waals surface area contributed by atoms with Crippen molar-refractivity contribution in [2.24, 2.45) is 11.8 Å². The van der Waals surface area contributed by atoms with Crippen molar-refractivity contribution in [1.82, 2.24) is 5.32 Å². The summed E-state index contributed by atoms with van der Waals surface area (Å²) in [6, 6.07) is 6.62. The number of benzene rings is 1. The van der Waals surface area contributed by atoms with Gasteiger partial charge in [0.05, 0.1) is 13.0 Å². The first-order valence-electron chi connectivity index (χ1n) is 7.71. The molecule has 116 valence electrons. The summed E-state index contributed by atoms with van der Waals surface area (Å²) in [6.45, 7) is 2.80. The van der Waals surface area contributed by atoms with E-state index in [0.717, 1.165) is 31.2 Å². The predicted octanol–water partition coefficient (Wildman–Crippen LogP) is 3.28. The van der Waals surface area contributed by atoms with Crippen LogP contribution in [0.3, 0.4) is 0 Å². The lowest BCUT2D eigenvalue weighted by atomic mass is 9.90. The van der Waals surface area contributed by atoms with E-state index in [9.17, 15) is 9.18 Å². The zero-order chi connectivity index (χ0) is 15.2. The molecular weight excluding hydrogens is 269 g/mol. The maximum absolute atomic E-state index is 12.9. The first kappa shape index (κ1) is 16.0. The predicted molar refractivity (Wildman–Crippen MR) is 80.2 cm³/mol. The maximum Gasteiger partial charge on any atom is 0.310 e. The third-order valence-corrected chi connectivity index (χ3v) is 4.40. The van der Waals surface area contributed by atoms with Gasteiger partial charge in [-0.3, -0.25) is 4.79 Å². The maximum atomic E-state index is 12.9. The minimum absolute atomic E-state index is 0.0598. The summed E-state index contributed by atoms with van der Waals surface area (Å²) < 4.78 is 17.9. The van der Waals surface area contributed by atoms with Gasteiger partial charge in [0.2, 0.25) is 0 Å². The number of esters is 1. The lowest BCUT2D eigenvalue weighted by molar-refractivity contribution is -0.147. The number of nitrogens with one attached hydrogen (secondary N) is 1. The molecule has 0 aromatic heterocycles. The molecule has 0 aliphatic heterocycles. The molecule has 3 atom stereocenters. The van der Waals surface area contributed by atoms with Gasteiger partial charge in [0.1, 0.15) is 5.82 Å². The average molecular weight is 293 g/mol. The number of rotatable bonds is 6. The third kappa shape index (κ3) is 4.03. The smallest absolute Gasteiger partial charge is 0.310 e. The summed E-state index contributed by atoms with van der Waals surface area (Å²) in [6.07, 6.45) is 4.21. The van der Waals surface area contributed by atoms with Crippen LogP contribution in [-0.4, -0.2) is 19.1 Å². The molecule has 1 aliphatic rings. The van der Waals surface area contributed by atoms with E-state index in [1.807, 2.05) is 0 Å². The van der Waals surface area contributed by atoms with Gasteiger partial charge in [-0.1, -0.05) is 25.5 Å². The molecule has 1 saturated carbocycles. The monoisotopic (exact) mass is 293 g/mol. The lowest BCUT2D eigenvalue weighted by Gasteiger charge is -2.23. The molecule has 0 bridgehead atoms. The number of halogens is 1. The Morgan fingerprint density at radius 2 is 2.05 bits per heavy atom. The number of ether oxygens (including phenoxy) is 1. The second kappa shape index (κ2) is 7.55. The molecule has 0 saturated heterocycles. The summed E-state index contributed by atoms with van der Waals surface area (Å²) in [5, 5.41) is 3.45. The van der Waals surface area contributed by atoms with E-state index in [2.05, 4.69) is 12.2 Å². The molecular formula is C17H24FNO2. The second-order valence-electron chi connectivity index (χ2n) is 5.79. The molecule has 0 amide bonds. The average Bonchev–Trinajstić information content (AvgIpc) is 2.89. The third-order valence-electron chi connectivity index (χ3n) is 4.40. The van der Waals surface area contributed by atoms with Crippen molar-refractivity contribution in [3.8, 4) is 0 Å². The lowest BCUT2D eigenvalue weighted by Crippen LogP contribution is -2.39. The van der Waals surface area contributed by atoms with Crippen LogP contribution >= 0.6 is 0 Å². The molecule has 4 heteroatoms. The standard InChI is InChI=1S/C17H24FNO2/c1-3-4-13-7-10-15(16(13)17(20)21-2)19-11-12-5-8-14(18)9-6-12/h5-6,8-9,13,15-16,19H,3-4,7,10-11H2,1-2H3. The molecule has 21 heavy (non-hydrogen) atoms. The van der Waals surface area contributed by atoms with Gasteiger partial charge in [0.15, 0.2) is 0 Å². The highest BCUT2D eigenvalue weighted by Crippen LogP contribution is 2.36. The fourth-order valence-electron chi connectivity index (χ4n) is 3.35. The van der Waals surface area contributed by atoms with Crippen molar-refractivity contribution in [2.45, 2.75) is 45.2 Å². The van der Waals surface area contributed by atoms with Gasteiger partial charge >= 0.3 is 5.97 Å². The molecule has 1 aromatic carbocycles. The molecule has 3 unspecified atom stereocenters. The van der Waals surface area contributed by atoms with Crippen molar-refractivity contribution in [2.75, 3.05) is 7.11 Å². The van der Waals surface area contributed by atoms with E-state index in [0.29, 0.717) is 12.5 Å². The van der Waals surface area contributed by atoms with Crippen molar-refractivity contribution in [3.63, 3.8) is 0 Å².